The highest BCUT2D eigenvalue weighted by Crippen LogP contribution is 2.37. The average Bonchev–Trinajstić information content (AvgIpc) is 2.36. The van der Waals surface area contributed by atoms with Gasteiger partial charge in [-0.25, -0.2) is 0 Å². The summed E-state index contributed by atoms with van der Waals surface area (Å²) < 4.78 is 0. The van der Waals surface area contributed by atoms with Crippen molar-refractivity contribution in [2.75, 3.05) is 11.9 Å². The second-order valence-corrected chi connectivity index (χ2v) is 4.82. The van der Waals surface area contributed by atoms with Crippen molar-refractivity contribution in [3.05, 3.63) is 34.1 Å². The number of H-pyrrole nitrogens is 1. The third-order valence-electron chi connectivity index (χ3n) is 3.73. The summed E-state index contributed by atoms with van der Waals surface area (Å²) >= 11 is 0. The van der Waals surface area contributed by atoms with E-state index in [4.69, 9.17) is 0 Å². The zero-order valence-corrected chi connectivity index (χ0v) is 10.3. The first-order chi connectivity index (χ1) is 8.69. The van der Waals surface area contributed by atoms with Crippen LogP contribution in [-0.2, 0) is 0 Å². The van der Waals surface area contributed by atoms with E-state index in [1.165, 1.54) is 11.6 Å². The van der Waals surface area contributed by atoms with Gasteiger partial charge in [0, 0.05) is 23.7 Å². The minimum absolute atomic E-state index is 0.0389. The van der Waals surface area contributed by atoms with Crippen LogP contribution in [0, 0.1) is 0 Å². The molecule has 1 atom stereocenters. The van der Waals surface area contributed by atoms with Crippen molar-refractivity contribution < 1.29 is 5.11 Å². The molecule has 0 amide bonds. The summed E-state index contributed by atoms with van der Waals surface area (Å²) in [4.78, 5) is 14.2. The predicted octanol–water partition coefficient (Wildman–Crippen LogP) is 2.54. The second kappa shape index (κ2) is 4.05. The van der Waals surface area contributed by atoms with Crippen LogP contribution in [0.3, 0.4) is 0 Å². The molecule has 0 saturated carbocycles. The standard InChI is InChI=1S/C14H16N2O2/c1-2-8-3-4-15-11-6-10-12(5-9(8)11)16-14(18)7-13(10)17/h5-8,15H,2-4H2,1H3,(H2,16,17,18). The van der Waals surface area contributed by atoms with Crippen molar-refractivity contribution in [2.24, 2.45) is 0 Å². The van der Waals surface area contributed by atoms with Gasteiger partial charge in [0.15, 0.2) is 0 Å². The first kappa shape index (κ1) is 11.1. The molecule has 0 fully saturated rings. The highest BCUT2D eigenvalue weighted by molar-refractivity contribution is 5.89. The van der Waals surface area contributed by atoms with Gasteiger partial charge in [0.05, 0.1) is 5.52 Å². The number of aromatic hydroxyl groups is 1. The van der Waals surface area contributed by atoms with Gasteiger partial charge in [-0.05, 0) is 36.5 Å². The Morgan fingerprint density at radius 3 is 3.00 bits per heavy atom. The quantitative estimate of drug-likeness (QED) is 0.722. The summed E-state index contributed by atoms with van der Waals surface area (Å²) in [6.45, 7) is 3.14. The Morgan fingerprint density at radius 1 is 1.39 bits per heavy atom. The Bertz CT molecular complexity index is 661. The Morgan fingerprint density at radius 2 is 2.22 bits per heavy atom. The number of aromatic amines is 1. The van der Waals surface area contributed by atoms with Gasteiger partial charge in [-0.1, -0.05) is 6.92 Å². The Kier molecular flexibility index (Phi) is 2.51. The van der Waals surface area contributed by atoms with Gasteiger partial charge < -0.3 is 15.4 Å². The number of hydrogen-bond donors (Lipinski definition) is 3. The van der Waals surface area contributed by atoms with E-state index in [0.717, 1.165) is 25.1 Å². The lowest BCUT2D eigenvalue weighted by Crippen LogP contribution is -2.16. The van der Waals surface area contributed by atoms with Crippen LogP contribution >= 0.6 is 0 Å². The Labute approximate surface area is 105 Å². The number of pyridine rings is 1. The van der Waals surface area contributed by atoms with E-state index < -0.39 is 0 Å². The monoisotopic (exact) mass is 244 g/mol. The SMILES string of the molecule is CCC1CCNc2cc3c(O)cc(=O)[nH]c3cc21. The van der Waals surface area contributed by atoms with E-state index in [0.29, 0.717) is 16.8 Å². The van der Waals surface area contributed by atoms with E-state index in [2.05, 4.69) is 17.2 Å². The molecule has 0 saturated heterocycles. The van der Waals surface area contributed by atoms with Gasteiger partial charge in [0.1, 0.15) is 5.75 Å². The molecule has 2 aromatic rings. The summed E-state index contributed by atoms with van der Waals surface area (Å²) in [6.07, 6.45) is 2.20. The van der Waals surface area contributed by atoms with Crippen molar-refractivity contribution in [3.63, 3.8) is 0 Å². The largest absolute Gasteiger partial charge is 0.507 e. The summed E-state index contributed by atoms with van der Waals surface area (Å²) in [5, 5.41) is 13.9. The minimum atomic E-state index is -0.267. The lowest BCUT2D eigenvalue weighted by Gasteiger charge is -2.26. The van der Waals surface area contributed by atoms with Crippen molar-refractivity contribution in [3.8, 4) is 5.75 Å². The van der Waals surface area contributed by atoms with Crippen LogP contribution < -0.4 is 10.9 Å². The number of hydrogen-bond acceptors (Lipinski definition) is 3. The molecule has 3 N–H and O–H groups in total. The van der Waals surface area contributed by atoms with Crippen LogP contribution in [-0.4, -0.2) is 16.6 Å². The van der Waals surface area contributed by atoms with Crippen LogP contribution in [0.25, 0.3) is 10.9 Å². The summed E-state index contributed by atoms with van der Waals surface area (Å²) in [5.41, 5.74) is 2.75. The molecule has 0 spiro atoms. The maximum absolute atomic E-state index is 11.4. The fourth-order valence-electron chi connectivity index (χ4n) is 2.75. The third-order valence-corrected chi connectivity index (χ3v) is 3.73. The summed E-state index contributed by atoms with van der Waals surface area (Å²) in [7, 11) is 0. The highest BCUT2D eigenvalue weighted by Gasteiger charge is 2.19. The van der Waals surface area contributed by atoms with Crippen LogP contribution in [0.1, 0.15) is 31.2 Å². The minimum Gasteiger partial charge on any atom is -0.507 e. The maximum Gasteiger partial charge on any atom is 0.252 e. The lowest BCUT2D eigenvalue weighted by molar-refractivity contribution is 0.480. The fraction of sp³-hybridized carbons (Fsp3) is 0.357. The average molecular weight is 244 g/mol. The van der Waals surface area contributed by atoms with Gasteiger partial charge in [-0.2, -0.15) is 0 Å². The molecule has 3 rings (SSSR count). The number of nitrogens with one attached hydrogen (secondary N) is 2. The number of aromatic nitrogens is 1. The smallest absolute Gasteiger partial charge is 0.252 e. The van der Waals surface area contributed by atoms with Gasteiger partial charge in [-0.15, -0.1) is 0 Å². The van der Waals surface area contributed by atoms with Gasteiger partial charge in [-0.3, -0.25) is 4.79 Å². The molecule has 0 aliphatic carbocycles. The van der Waals surface area contributed by atoms with E-state index in [1.54, 1.807) is 0 Å². The van der Waals surface area contributed by atoms with E-state index >= 15 is 0 Å². The van der Waals surface area contributed by atoms with Crippen LogP contribution in [0.4, 0.5) is 5.69 Å². The molecule has 94 valence electrons. The topological polar surface area (TPSA) is 65.1 Å². The zero-order valence-electron chi connectivity index (χ0n) is 10.3. The van der Waals surface area contributed by atoms with E-state index in [9.17, 15) is 9.90 Å². The number of fused-ring (bicyclic) bond motifs is 2. The lowest BCUT2D eigenvalue weighted by atomic mass is 9.88. The number of benzene rings is 1. The maximum atomic E-state index is 11.4. The molecule has 1 aromatic carbocycles. The van der Waals surface area contributed by atoms with Crippen LogP contribution in [0.2, 0.25) is 0 Å². The number of rotatable bonds is 1. The number of anilines is 1. The van der Waals surface area contributed by atoms with Crippen molar-refractivity contribution >= 4 is 16.6 Å². The first-order valence-corrected chi connectivity index (χ1v) is 6.33. The van der Waals surface area contributed by atoms with Crippen molar-refractivity contribution in [1.29, 1.82) is 0 Å². The van der Waals surface area contributed by atoms with Gasteiger partial charge >= 0.3 is 0 Å². The summed E-state index contributed by atoms with van der Waals surface area (Å²) in [5.74, 6) is 0.563. The molecule has 1 aromatic heterocycles. The molecule has 1 aliphatic rings. The van der Waals surface area contributed by atoms with E-state index in [-0.39, 0.29) is 11.3 Å². The van der Waals surface area contributed by atoms with Crippen LogP contribution in [0.15, 0.2) is 23.0 Å². The molecule has 18 heavy (non-hydrogen) atoms. The zero-order chi connectivity index (χ0) is 12.7. The summed E-state index contributed by atoms with van der Waals surface area (Å²) in [6, 6.07) is 5.14. The molecule has 0 bridgehead atoms. The predicted molar refractivity (Wildman–Crippen MR) is 72.4 cm³/mol. The molecular weight excluding hydrogens is 228 g/mol. The molecule has 1 aliphatic heterocycles. The normalized spacial score (nSPS) is 18.4. The van der Waals surface area contributed by atoms with Crippen LogP contribution in [0.5, 0.6) is 5.75 Å². The molecule has 1 unspecified atom stereocenters. The van der Waals surface area contributed by atoms with Crippen molar-refractivity contribution in [1.82, 2.24) is 4.98 Å². The second-order valence-electron chi connectivity index (χ2n) is 4.82. The third kappa shape index (κ3) is 1.65. The molecule has 4 nitrogen and oxygen atoms in total. The Balaban J connectivity index is 2.29. The molecule has 0 radical (unpaired) electrons. The Hall–Kier alpha value is -1.97. The molecular formula is C14H16N2O2. The molecule has 2 heterocycles. The van der Waals surface area contributed by atoms with Gasteiger partial charge in [0.25, 0.3) is 5.56 Å². The van der Waals surface area contributed by atoms with Gasteiger partial charge in [0.2, 0.25) is 0 Å². The highest BCUT2D eigenvalue weighted by atomic mass is 16.3. The van der Waals surface area contributed by atoms with Crippen molar-refractivity contribution in [2.45, 2.75) is 25.7 Å². The molecule has 4 heteroatoms. The first-order valence-electron chi connectivity index (χ1n) is 6.33. The van der Waals surface area contributed by atoms with E-state index in [1.807, 2.05) is 12.1 Å². The fourth-order valence-corrected chi connectivity index (χ4v) is 2.75.